The number of benzene rings is 1. The molecule has 31 heavy (non-hydrogen) atoms. The van der Waals surface area contributed by atoms with E-state index in [1.165, 1.54) is 0 Å². The van der Waals surface area contributed by atoms with Crippen LogP contribution < -0.4 is 18.9 Å². The Morgan fingerprint density at radius 3 is 2.19 bits per heavy atom. The highest BCUT2D eigenvalue weighted by atomic mass is 16.5. The van der Waals surface area contributed by atoms with E-state index in [9.17, 15) is 4.79 Å². The molecule has 8 nitrogen and oxygen atoms in total. The first-order valence-electron chi connectivity index (χ1n) is 10.2. The molecule has 1 amide bonds. The number of ether oxygens (including phenoxy) is 4. The van der Waals surface area contributed by atoms with Crippen molar-refractivity contribution in [3.63, 3.8) is 0 Å². The maximum atomic E-state index is 12.6. The average Bonchev–Trinajstić information content (AvgIpc) is 2.76. The smallest absolute Gasteiger partial charge is 0.246 e. The molecule has 8 heteroatoms. The Labute approximate surface area is 182 Å². The Morgan fingerprint density at radius 2 is 1.65 bits per heavy atom. The van der Waals surface area contributed by atoms with E-state index in [4.69, 9.17) is 18.9 Å². The molecule has 0 radical (unpaired) electrons. The fraction of sp³-hybridized carbons (Fsp3) is 0.435. The van der Waals surface area contributed by atoms with Gasteiger partial charge in [0.15, 0.2) is 11.5 Å². The zero-order valence-corrected chi connectivity index (χ0v) is 18.7. The number of nitrogens with zero attached hydrogens (tertiary/aromatic N) is 3. The number of rotatable bonds is 7. The number of carbonyl (C=O) groups is 1. The number of likely N-dealkylation sites (tertiary alicyclic amines) is 1. The summed E-state index contributed by atoms with van der Waals surface area (Å²) in [7, 11) is 4.68. The lowest BCUT2D eigenvalue weighted by atomic mass is 10.1. The Hall–Kier alpha value is -3.29. The molecule has 1 aromatic heterocycles. The SMILES string of the molecule is COc1cc(/C=C/C(=O)N2CCC(Oc3cc(C)nc(C)n3)CC2)cc(OC)c1OC. The van der Waals surface area contributed by atoms with Crippen LogP contribution in [0.25, 0.3) is 6.08 Å². The van der Waals surface area contributed by atoms with E-state index in [-0.39, 0.29) is 12.0 Å². The maximum Gasteiger partial charge on any atom is 0.246 e. The van der Waals surface area contributed by atoms with Gasteiger partial charge in [-0.15, -0.1) is 0 Å². The van der Waals surface area contributed by atoms with Gasteiger partial charge in [-0.25, -0.2) is 4.98 Å². The third-order valence-corrected chi connectivity index (χ3v) is 5.09. The first-order chi connectivity index (χ1) is 14.9. The van der Waals surface area contributed by atoms with E-state index in [0.717, 1.165) is 24.1 Å². The third-order valence-electron chi connectivity index (χ3n) is 5.09. The number of piperidine rings is 1. The van der Waals surface area contributed by atoms with Crippen molar-refractivity contribution >= 4 is 12.0 Å². The molecule has 3 rings (SSSR count). The highest BCUT2D eigenvalue weighted by Crippen LogP contribution is 2.38. The van der Waals surface area contributed by atoms with Crippen LogP contribution in [0, 0.1) is 13.8 Å². The van der Waals surface area contributed by atoms with Gasteiger partial charge in [-0.3, -0.25) is 4.79 Å². The van der Waals surface area contributed by atoms with Gasteiger partial charge in [0, 0.05) is 43.8 Å². The second kappa shape index (κ2) is 10.1. The van der Waals surface area contributed by atoms with Crippen molar-refractivity contribution in [2.45, 2.75) is 32.8 Å². The Kier molecular flexibility index (Phi) is 7.33. The van der Waals surface area contributed by atoms with Gasteiger partial charge in [0.25, 0.3) is 0 Å². The highest BCUT2D eigenvalue weighted by Gasteiger charge is 2.23. The van der Waals surface area contributed by atoms with Gasteiger partial charge in [-0.1, -0.05) is 0 Å². The van der Waals surface area contributed by atoms with Crippen LogP contribution in [0.3, 0.4) is 0 Å². The van der Waals surface area contributed by atoms with E-state index in [0.29, 0.717) is 42.0 Å². The van der Waals surface area contributed by atoms with Crippen molar-refractivity contribution in [2.24, 2.45) is 0 Å². The quantitative estimate of drug-likeness (QED) is 0.628. The van der Waals surface area contributed by atoms with Gasteiger partial charge in [0.05, 0.1) is 21.3 Å². The predicted molar refractivity (Wildman–Crippen MR) is 117 cm³/mol. The summed E-state index contributed by atoms with van der Waals surface area (Å²) in [6.07, 6.45) is 4.87. The van der Waals surface area contributed by atoms with Crippen molar-refractivity contribution in [2.75, 3.05) is 34.4 Å². The standard InChI is InChI=1S/C23H29N3O5/c1-15-12-21(25-16(2)24-15)31-18-8-10-26(11-9-18)22(27)7-6-17-13-19(28-3)23(30-5)20(14-17)29-4/h6-7,12-14,18H,8-11H2,1-5H3/b7-6+. The Morgan fingerprint density at radius 1 is 1.00 bits per heavy atom. The lowest BCUT2D eigenvalue weighted by Gasteiger charge is -2.31. The summed E-state index contributed by atoms with van der Waals surface area (Å²) in [5, 5.41) is 0. The zero-order valence-electron chi connectivity index (χ0n) is 18.7. The van der Waals surface area contributed by atoms with Crippen LogP contribution in [0.1, 0.15) is 29.9 Å². The second-order valence-electron chi connectivity index (χ2n) is 7.33. The largest absolute Gasteiger partial charge is 0.493 e. The van der Waals surface area contributed by atoms with E-state index < -0.39 is 0 Å². The lowest BCUT2D eigenvalue weighted by Crippen LogP contribution is -2.41. The molecule has 1 fully saturated rings. The maximum absolute atomic E-state index is 12.6. The molecule has 166 valence electrons. The molecule has 0 aliphatic carbocycles. The van der Waals surface area contributed by atoms with Crippen LogP contribution in [0.15, 0.2) is 24.3 Å². The van der Waals surface area contributed by atoms with Gasteiger partial charge in [0.1, 0.15) is 11.9 Å². The lowest BCUT2D eigenvalue weighted by molar-refractivity contribution is -0.127. The molecule has 2 aromatic rings. The summed E-state index contributed by atoms with van der Waals surface area (Å²) in [5.74, 6) is 2.85. The summed E-state index contributed by atoms with van der Waals surface area (Å²) in [5.41, 5.74) is 1.67. The van der Waals surface area contributed by atoms with E-state index in [1.54, 1.807) is 45.6 Å². The van der Waals surface area contributed by atoms with Crippen LogP contribution in [0.5, 0.6) is 23.1 Å². The number of hydrogen-bond donors (Lipinski definition) is 0. The molecule has 0 bridgehead atoms. The van der Waals surface area contributed by atoms with E-state index >= 15 is 0 Å². The van der Waals surface area contributed by atoms with Crippen LogP contribution in [0.2, 0.25) is 0 Å². The molecule has 0 saturated carbocycles. The Balaban J connectivity index is 1.59. The van der Waals surface area contributed by atoms with E-state index in [2.05, 4.69) is 9.97 Å². The average molecular weight is 428 g/mol. The minimum atomic E-state index is -0.0408. The van der Waals surface area contributed by atoms with Gasteiger partial charge < -0.3 is 23.8 Å². The van der Waals surface area contributed by atoms with Gasteiger partial charge >= 0.3 is 0 Å². The minimum absolute atomic E-state index is 0.0387. The number of amides is 1. The highest BCUT2D eigenvalue weighted by molar-refractivity contribution is 5.92. The monoisotopic (exact) mass is 427 g/mol. The minimum Gasteiger partial charge on any atom is -0.493 e. The Bertz CT molecular complexity index is 907. The molecule has 1 aromatic carbocycles. The number of methoxy groups -OCH3 is 3. The fourth-order valence-corrected chi connectivity index (χ4v) is 3.58. The summed E-state index contributed by atoms with van der Waals surface area (Å²) < 4.78 is 22.1. The van der Waals surface area contributed by atoms with Crippen LogP contribution in [-0.2, 0) is 4.79 Å². The van der Waals surface area contributed by atoms with Gasteiger partial charge in [-0.2, -0.15) is 4.98 Å². The van der Waals surface area contributed by atoms with Crippen molar-refractivity contribution in [1.29, 1.82) is 0 Å². The molecule has 1 saturated heterocycles. The first kappa shape index (κ1) is 22.4. The molecule has 1 aliphatic heterocycles. The fourth-order valence-electron chi connectivity index (χ4n) is 3.58. The number of aromatic nitrogens is 2. The van der Waals surface area contributed by atoms with Crippen molar-refractivity contribution in [1.82, 2.24) is 14.9 Å². The number of carbonyl (C=O) groups excluding carboxylic acids is 1. The summed E-state index contributed by atoms with van der Waals surface area (Å²) in [6.45, 7) is 5.03. The molecule has 0 spiro atoms. The summed E-state index contributed by atoms with van der Waals surface area (Å²) >= 11 is 0. The number of aryl methyl sites for hydroxylation is 2. The second-order valence-corrected chi connectivity index (χ2v) is 7.33. The van der Waals surface area contributed by atoms with Crippen LogP contribution in [-0.4, -0.2) is 61.3 Å². The molecule has 2 heterocycles. The van der Waals surface area contributed by atoms with Gasteiger partial charge in [0.2, 0.25) is 17.5 Å². The zero-order chi connectivity index (χ0) is 22.4. The van der Waals surface area contributed by atoms with Crippen LogP contribution >= 0.6 is 0 Å². The van der Waals surface area contributed by atoms with Crippen molar-refractivity contribution in [3.05, 3.63) is 41.4 Å². The molecule has 1 aliphatic rings. The summed E-state index contributed by atoms with van der Waals surface area (Å²) in [6, 6.07) is 5.44. The first-order valence-corrected chi connectivity index (χ1v) is 10.2. The summed E-state index contributed by atoms with van der Waals surface area (Å²) in [4.78, 5) is 23.1. The molecule has 0 unspecified atom stereocenters. The molecule has 0 N–H and O–H groups in total. The molecule has 0 atom stereocenters. The van der Waals surface area contributed by atoms with E-state index in [1.807, 2.05) is 24.8 Å². The topological polar surface area (TPSA) is 83.0 Å². The predicted octanol–water partition coefficient (Wildman–Crippen LogP) is 3.20. The normalized spacial score (nSPS) is 14.5. The van der Waals surface area contributed by atoms with Crippen molar-refractivity contribution < 1.29 is 23.7 Å². The van der Waals surface area contributed by atoms with Gasteiger partial charge in [-0.05, 0) is 37.6 Å². The molecular formula is C23H29N3O5. The van der Waals surface area contributed by atoms with Crippen molar-refractivity contribution in [3.8, 4) is 23.1 Å². The molecular weight excluding hydrogens is 398 g/mol. The van der Waals surface area contributed by atoms with Crippen LogP contribution in [0.4, 0.5) is 0 Å². The number of hydrogen-bond acceptors (Lipinski definition) is 7. The third kappa shape index (κ3) is 5.65.